The Morgan fingerprint density at radius 3 is 2.89 bits per heavy atom. The second-order valence-corrected chi connectivity index (χ2v) is 4.30. The topological polar surface area (TPSA) is 63.2 Å². The molecule has 2 aromatic rings. The molecule has 2 aromatic heterocycles. The van der Waals surface area contributed by atoms with Gasteiger partial charge in [-0.25, -0.2) is 4.98 Å². The fraction of sp³-hybridized carbons (Fsp3) is 0.462. The summed E-state index contributed by atoms with van der Waals surface area (Å²) in [6, 6.07) is 3.65. The van der Waals surface area contributed by atoms with Crippen LogP contribution < -0.4 is 5.32 Å². The molecule has 2 unspecified atom stereocenters. The van der Waals surface area contributed by atoms with Gasteiger partial charge in [-0.2, -0.15) is 0 Å². The lowest BCUT2D eigenvalue weighted by Gasteiger charge is -2.22. The number of aliphatic hydroxyl groups excluding tert-OH is 1. The number of nitrogens with zero attached hydrogens (tertiary/aromatic N) is 2. The van der Waals surface area contributed by atoms with Gasteiger partial charge in [0, 0.05) is 25.5 Å². The van der Waals surface area contributed by atoms with Gasteiger partial charge in [-0.3, -0.25) is 5.32 Å². The molecule has 5 nitrogen and oxygen atoms in total. The summed E-state index contributed by atoms with van der Waals surface area (Å²) in [6.45, 7) is 2.13. The zero-order valence-electron chi connectivity index (χ0n) is 10.7. The SMILES string of the molecule is CCC(CO)NC(c1ccco1)c1nccn1C. The van der Waals surface area contributed by atoms with E-state index in [-0.39, 0.29) is 18.7 Å². The zero-order chi connectivity index (χ0) is 13.0. The van der Waals surface area contributed by atoms with Gasteiger partial charge in [0.1, 0.15) is 17.6 Å². The molecule has 0 aliphatic carbocycles. The first-order chi connectivity index (χ1) is 8.76. The van der Waals surface area contributed by atoms with Crippen molar-refractivity contribution < 1.29 is 9.52 Å². The van der Waals surface area contributed by atoms with Crippen molar-refractivity contribution in [2.24, 2.45) is 7.05 Å². The minimum absolute atomic E-state index is 0.0248. The molecule has 2 atom stereocenters. The number of rotatable bonds is 6. The smallest absolute Gasteiger partial charge is 0.133 e. The van der Waals surface area contributed by atoms with Crippen LogP contribution >= 0.6 is 0 Å². The second kappa shape index (κ2) is 5.84. The first-order valence-electron chi connectivity index (χ1n) is 6.13. The Balaban J connectivity index is 2.27. The van der Waals surface area contributed by atoms with Gasteiger partial charge in [0.15, 0.2) is 0 Å². The molecule has 0 radical (unpaired) electrons. The van der Waals surface area contributed by atoms with E-state index in [2.05, 4.69) is 10.3 Å². The van der Waals surface area contributed by atoms with Crippen molar-refractivity contribution in [3.63, 3.8) is 0 Å². The van der Waals surface area contributed by atoms with Crippen LogP contribution in [0.15, 0.2) is 35.2 Å². The Labute approximate surface area is 106 Å². The van der Waals surface area contributed by atoms with Crippen LogP contribution in [-0.2, 0) is 7.05 Å². The lowest BCUT2D eigenvalue weighted by atomic mass is 10.1. The molecule has 2 rings (SSSR count). The predicted molar refractivity (Wildman–Crippen MR) is 68.1 cm³/mol. The fourth-order valence-corrected chi connectivity index (χ4v) is 1.93. The maximum atomic E-state index is 9.32. The van der Waals surface area contributed by atoms with E-state index >= 15 is 0 Å². The summed E-state index contributed by atoms with van der Waals surface area (Å²) >= 11 is 0. The Bertz CT molecular complexity index is 460. The van der Waals surface area contributed by atoms with Gasteiger partial charge in [-0.05, 0) is 18.6 Å². The molecule has 5 heteroatoms. The molecule has 0 fully saturated rings. The molecule has 0 spiro atoms. The lowest BCUT2D eigenvalue weighted by molar-refractivity contribution is 0.226. The molecule has 0 bridgehead atoms. The molecule has 0 aliphatic heterocycles. The van der Waals surface area contributed by atoms with Crippen LogP contribution in [0.5, 0.6) is 0 Å². The summed E-state index contributed by atoms with van der Waals surface area (Å²) in [4.78, 5) is 4.35. The number of hydrogen-bond acceptors (Lipinski definition) is 4. The van der Waals surface area contributed by atoms with Crippen LogP contribution in [0, 0.1) is 0 Å². The summed E-state index contributed by atoms with van der Waals surface area (Å²) in [5.41, 5.74) is 0. The molecule has 0 saturated carbocycles. The van der Waals surface area contributed by atoms with Crippen molar-refractivity contribution in [1.29, 1.82) is 0 Å². The predicted octanol–water partition coefficient (Wildman–Crippen LogP) is 1.46. The van der Waals surface area contributed by atoms with Gasteiger partial charge in [0.25, 0.3) is 0 Å². The van der Waals surface area contributed by atoms with Gasteiger partial charge < -0.3 is 14.1 Å². The maximum absolute atomic E-state index is 9.32. The minimum Gasteiger partial charge on any atom is -0.467 e. The van der Waals surface area contributed by atoms with E-state index in [9.17, 15) is 5.11 Å². The largest absolute Gasteiger partial charge is 0.467 e. The number of nitrogens with one attached hydrogen (secondary N) is 1. The van der Waals surface area contributed by atoms with Crippen molar-refractivity contribution in [1.82, 2.24) is 14.9 Å². The summed E-state index contributed by atoms with van der Waals surface area (Å²) in [5, 5.41) is 12.7. The molecule has 0 saturated heterocycles. The van der Waals surface area contributed by atoms with Crippen molar-refractivity contribution in [3.05, 3.63) is 42.4 Å². The summed E-state index contributed by atoms with van der Waals surface area (Å²) in [6.07, 6.45) is 6.14. The zero-order valence-corrected chi connectivity index (χ0v) is 10.7. The van der Waals surface area contributed by atoms with Crippen molar-refractivity contribution in [3.8, 4) is 0 Å². The Hall–Kier alpha value is -1.59. The molecule has 0 aliphatic rings. The summed E-state index contributed by atoms with van der Waals surface area (Å²) in [7, 11) is 1.94. The molecular formula is C13H19N3O2. The number of aliphatic hydroxyl groups is 1. The highest BCUT2D eigenvalue weighted by atomic mass is 16.3. The Morgan fingerprint density at radius 1 is 1.56 bits per heavy atom. The molecule has 2 heterocycles. The van der Waals surface area contributed by atoms with Gasteiger partial charge in [-0.1, -0.05) is 6.92 Å². The number of furan rings is 1. The van der Waals surface area contributed by atoms with E-state index in [1.54, 1.807) is 12.5 Å². The second-order valence-electron chi connectivity index (χ2n) is 4.30. The number of aryl methyl sites for hydroxylation is 1. The lowest BCUT2D eigenvalue weighted by Crippen LogP contribution is -2.36. The van der Waals surface area contributed by atoms with Crippen LogP contribution in [0.1, 0.15) is 31.0 Å². The van der Waals surface area contributed by atoms with Gasteiger partial charge in [0.2, 0.25) is 0 Å². The van der Waals surface area contributed by atoms with E-state index in [1.807, 2.05) is 36.9 Å². The van der Waals surface area contributed by atoms with E-state index in [0.717, 1.165) is 18.0 Å². The third-order valence-electron chi connectivity index (χ3n) is 3.06. The third kappa shape index (κ3) is 2.63. The van der Waals surface area contributed by atoms with Gasteiger partial charge in [0.05, 0.1) is 12.9 Å². The highest BCUT2D eigenvalue weighted by Gasteiger charge is 2.23. The molecule has 2 N–H and O–H groups in total. The average molecular weight is 249 g/mol. The molecular weight excluding hydrogens is 230 g/mol. The fourth-order valence-electron chi connectivity index (χ4n) is 1.93. The molecule has 18 heavy (non-hydrogen) atoms. The van der Waals surface area contributed by atoms with Crippen LogP contribution in [0.3, 0.4) is 0 Å². The van der Waals surface area contributed by atoms with Crippen LogP contribution in [0.2, 0.25) is 0 Å². The first kappa shape index (κ1) is 12.9. The minimum atomic E-state index is -0.142. The molecule has 98 valence electrons. The van der Waals surface area contributed by atoms with E-state index in [0.29, 0.717) is 0 Å². The standard InChI is InChI=1S/C13H19N3O2/c1-3-10(9-17)15-12(11-5-4-8-18-11)13-14-6-7-16(13)2/h4-8,10,12,15,17H,3,9H2,1-2H3. The maximum Gasteiger partial charge on any atom is 0.133 e. The molecule has 0 amide bonds. The Kier molecular flexibility index (Phi) is 4.17. The monoisotopic (exact) mass is 249 g/mol. The van der Waals surface area contributed by atoms with Crippen LogP contribution in [-0.4, -0.2) is 27.3 Å². The normalized spacial score (nSPS) is 14.6. The highest BCUT2D eigenvalue weighted by Crippen LogP contribution is 2.21. The van der Waals surface area contributed by atoms with E-state index in [1.165, 1.54) is 0 Å². The van der Waals surface area contributed by atoms with E-state index in [4.69, 9.17) is 4.42 Å². The van der Waals surface area contributed by atoms with Gasteiger partial charge in [-0.15, -0.1) is 0 Å². The summed E-state index contributed by atoms with van der Waals surface area (Å²) in [5.74, 6) is 1.67. The highest BCUT2D eigenvalue weighted by molar-refractivity contribution is 5.16. The number of imidazole rings is 1. The van der Waals surface area contributed by atoms with Crippen molar-refractivity contribution in [2.75, 3.05) is 6.61 Å². The van der Waals surface area contributed by atoms with Gasteiger partial charge >= 0.3 is 0 Å². The third-order valence-corrected chi connectivity index (χ3v) is 3.06. The van der Waals surface area contributed by atoms with E-state index < -0.39 is 0 Å². The quantitative estimate of drug-likeness (QED) is 0.813. The van der Waals surface area contributed by atoms with Crippen molar-refractivity contribution >= 4 is 0 Å². The van der Waals surface area contributed by atoms with Crippen LogP contribution in [0.4, 0.5) is 0 Å². The van der Waals surface area contributed by atoms with Crippen LogP contribution in [0.25, 0.3) is 0 Å². The summed E-state index contributed by atoms with van der Waals surface area (Å²) < 4.78 is 7.42. The van der Waals surface area contributed by atoms with Crippen molar-refractivity contribution in [2.45, 2.75) is 25.4 Å². The average Bonchev–Trinajstić information content (AvgIpc) is 3.03. The molecule has 0 aromatic carbocycles. The first-order valence-corrected chi connectivity index (χ1v) is 6.13. The number of hydrogen-bond donors (Lipinski definition) is 2. The Morgan fingerprint density at radius 2 is 2.39 bits per heavy atom. The number of aromatic nitrogens is 2.